The van der Waals surface area contributed by atoms with Crippen LogP contribution >= 0.6 is 11.6 Å². The van der Waals surface area contributed by atoms with Crippen molar-refractivity contribution in [3.05, 3.63) is 28.5 Å². The number of rotatable bonds is 1. The van der Waals surface area contributed by atoms with Crippen molar-refractivity contribution in [2.75, 3.05) is 0 Å². The third kappa shape index (κ3) is 2.61. The number of hydrogen-bond acceptors (Lipinski definition) is 3. The van der Waals surface area contributed by atoms with Crippen LogP contribution in [0.5, 0.6) is 0 Å². The number of halogens is 4. The summed E-state index contributed by atoms with van der Waals surface area (Å²) in [5, 5.41) is 7.89. The normalized spacial score (nSPS) is 12.3. The largest absolute Gasteiger partial charge is 0.417 e. The van der Waals surface area contributed by atoms with Gasteiger partial charge in [-0.25, -0.2) is 0 Å². The van der Waals surface area contributed by atoms with Crippen LogP contribution in [0.3, 0.4) is 0 Å². The first-order valence-corrected chi connectivity index (χ1v) is 4.19. The van der Waals surface area contributed by atoms with Gasteiger partial charge in [-0.3, -0.25) is 4.98 Å². The highest BCUT2D eigenvalue weighted by Gasteiger charge is 2.31. The fourth-order valence-electron chi connectivity index (χ4n) is 0.888. The van der Waals surface area contributed by atoms with Crippen molar-refractivity contribution in [2.45, 2.75) is 6.18 Å². The number of nitriles is 1. The molecule has 0 aliphatic heterocycles. The van der Waals surface area contributed by atoms with Crippen LogP contribution in [0.1, 0.15) is 11.3 Å². The summed E-state index contributed by atoms with van der Waals surface area (Å²) in [4.78, 5) is 6.52. The van der Waals surface area contributed by atoms with E-state index in [-0.39, 0.29) is 16.6 Å². The summed E-state index contributed by atoms with van der Waals surface area (Å²) in [6, 6.07) is 0.670. The maximum absolute atomic E-state index is 12.2. The maximum Gasteiger partial charge on any atom is 0.417 e. The van der Waals surface area contributed by atoms with Gasteiger partial charge in [0.1, 0.15) is 5.69 Å². The quantitative estimate of drug-likeness (QED) is 0.469. The molecule has 0 atom stereocenters. The van der Waals surface area contributed by atoms with E-state index in [1.807, 2.05) is 0 Å². The molecule has 0 unspecified atom stereocenters. The first-order valence-electron chi connectivity index (χ1n) is 3.81. The van der Waals surface area contributed by atoms with Crippen LogP contribution in [0.2, 0.25) is 5.02 Å². The van der Waals surface area contributed by atoms with Gasteiger partial charge in [-0.1, -0.05) is 11.6 Å². The predicted molar refractivity (Wildman–Crippen MR) is 50.6 cm³/mol. The Labute approximate surface area is 93.2 Å². The van der Waals surface area contributed by atoms with Crippen LogP contribution in [0, 0.1) is 11.5 Å². The van der Waals surface area contributed by atoms with Crippen LogP contribution in [0.25, 0.3) is 0 Å². The van der Waals surface area contributed by atoms with Gasteiger partial charge in [0.15, 0.2) is 5.84 Å². The number of aliphatic imine (C=N–C) groups is 1. The molecule has 0 spiro atoms. The zero-order valence-electron chi connectivity index (χ0n) is 7.59. The van der Waals surface area contributed by atoms with Crippen LogP contribution in [0.4, 0.5) is 13.2 Å². The van der Waals surface area contributed by atoms with E-state index in [4.69, 9.17) is 22.6 Å². The molecule has 0 bridgehead atoms. The Balaban J connectivity index is 3.22. The Hall–Kier alpha value is -1.81. The number of hydrogen-bond donors (Lipinski definition) is 1. The summed E-state index contributed by atoms with van der Waals surface area (Å²) in [6.45, 7) is 0. The Morgan fingerprint density at radius 3 is 2.62 bits per heavy atom. The second-order valence-corrected chi connectivity index (χ2v) is 3.06. The van der Waals surface area contributed by atoms with Gasteiger partial charge in [0.2, 0.25) is 6.19 Å². The molecule has 0 amide bonds. The fraction of sp³-hybridized carbons (Fsp3) is 0.125. The van der Waals surface area contributed by atoms with Crippen molar-refractivity contribution in [3.8, 4) is 6.19 Å². The molecule has 4 nitrogen and oxygen atoms in total. The SMILES string of the molecule is N#CN=C(N)c1ncc(C(F)(F)F)cc1Cl. The van der Waals surface area contributed by atoms with Crippen LogP contribution in [-0.2, 0) is 6.18 Å². The maximum atomic E-state index is 12.2. The molecular weight excluding hydrogens is 245 g/mol. The lowest BCUT2D eigenvalue weighted by atomic mass is 10.2. The summed E-state index contributed by atoms with van der Waals surface area (Å²) >= 11 is 5.53. The average Bonchev–Trinajstić information content (AvgIpc) is 2.16. The highest BCUT2D eigenvalue weighted by Crippen LogP contribution is 2.30. The first-order chi connectivity index (χ1) is 7.36. The molecule has 0 aromatic carbocycles. The minimum atomic E-state index is -4.53. The summed E-state index contributed by atoms with van der Waals surface area (Å²) in [7, 11) is 0. The molecular formula is C8H4ClF3N4. The lowest BCUT2D eigenvalue weighted by Crippen LogP contribution is -2.16. The fourth-order valence-corrected chi connectivity index (χ4v) is 1.15. The molecule has 0 radical (unpaired) electrons. The molecule has 1 aromatic heterocycles. The summed E-state index contributed by atoms with van der Waals surface area (Å²) < 4.78 is 36.7. The van der Waals surface area contributed by atoms with Crippen molar-refractivity contribution in [3.63, 3.8) is 0 Å². The van der Waals surface area contributed by atoms with Gasteiger partial charge >= 0.3 is 6.18 Å². The van der Waals surface area contributed by atoms with Gasteiger partial charge in [0.05, 0.1) is 10.6 Å². The Kier molecular flexibility index (Phi) is 3.34. The molecule has 1 aromatic rings. The van der Waals surface area contributed by atoms with E-state index in [9.17, 15) is 13.2 Å². The van der Waals surface area contributed by atoms with E-state index < -0.39 is 11.7 Å². The van der Waals surface area contributed by atoms with Gasteiger partial charge in [0, 0.05) is 6.20 Å². The smallest absolute Gasteiger partial charge is 0.381 e. The number of aromatic nitrogens is 1. The van der Waals surface area contributed by atoms with Gasteiger partial charge in [0.25, 0.3) is 0 Å². The number of alkyl halides is 3. The van der Waals surface area contributed by atoms with Gasteiger partial charge in [-0.05, 0) is 6.07 Å². The summed E-state index contributed by atoms with van der Waals surface area (Å²) in [5.41, 5.74) is 4.11. The van der Waals surface area contributed by atoms with Crippen LogP contribution < -0.4 is 5.73 Å². The van der Waals surface area contributed by atoms with E-state index in [0.717, 1.165) is 0 Å². The third-order valence-electron chi connectivity index (χ3n) is 1.58. The average molecular weight is 249 g/mol. The monoisotopic (exact) mass is 248 g/mol. The number of pyridine rings is 1. The Bertz CT molecular complexity index is 475. The summed E-state index contributed by atoms with van der Waals surface area (Å²) in [5.74, 6) is -0.332. The molecule has 2 N–H and O–H groups in total. The second-order valence-electron chi connectivity index (χ2n) is 2.65. The minimum absolute atomic E-state index is 0.156. The molecule has 1 heterocycles. The van der Waals surface area contributed by atoms with Gasteiger partial charge in [-0.15, -0.1) is 0 Å². The molecule has 0 saturated carbocycles. The van der Waals surface area contributed by atoms with Crippen LogP contribution in [-0.4, -0.2) is 10.8 Å². The molecule has 16 heavy (non-hydrogen) atoms. The Morgan fingerprint density at radius 2 is 2.19 bits per heavy atom. The highest BCUT2D eigenvalue weighted by molar-refractivity contribution is 6.33. The number of nitrogens with two attached hydrogens (primary N) is 1. The molecule has 0 fully saturated rings. The Morgan fingerprint density at radius 1 is 1.56 bits per heavy atom. The highest BCUT2D eigenvalue weighted by atomic mass is 35.5. The van der Waals surface area contributed by atoms with Gasteiger partial charge < -0.3 is 5.73 Å². The molecule has 0 aliphatic rings. The van der Waals surface area contributed by atoms with Crippen molar-refractivity contribution in [1.82, 2.24) is 4.98 Å². The van der Waals surface area contributed by atoms with E-state index in [1.165, 1.54) is 6.19 Å². The topological polar surface area (TPSA) is 75.1 Å². The molecule has 0 saturated heterocycles. The summed E-state index contributed by atoms with van der Waals surface area (Å²) in [6.07, 6.45) is -2.58. The van der Waals surface area contributed by atoms with Gasteiger partial charge in [-0.2, -0.15) is 23.4 Å². The number of amidine groups is 1. The van der Waals surface area contributed by atoms with Crippen molar-refractivity contribution in [1.29, 1.82) is 5.26 Å². The molecule has 1 rings (SSSR count). The van der Waals surface area contributed by atoms with Crippen molar-refractivity contribution >= 4 is 17.4 Å². The predicted octanol–water partition coefficient (Wildman–Crippen LogP) is 1.94. The first kappa shape index (κ1) is 12.3. The zero-order chi connectivity index (χ0) is 12.3. The molecule has 8 heteroatoms. The lowest BCUT2D eigenvalue weighted by Gasteiger charge is -2.08. The van der Waals surface area contributed by atoms with E-state index >= 15 is 0 Å². The van der Waals surface area contributed by atoms with E-state index in [2.05, 4.69) is 9.98 Å². The molecule has 0 aliphatic carbocycles. The standard InChI is InChI=1S/C8H4ClF3N4/c9-5-1-4(8(10,11)12)2-15-6(5)7(14)16-3-13/h1-2H,(H2,14,16). The van der Waals surface area contributed by atoms with Crippen LogP contribution in [0.15, 0.2) is 17.3 Å². The zero-order valence-corrected chi connectivity index (χ0v) is 8.34. The second kappa shape index (κ2) is 4.37. The lowest BCUT2D eigenvalue weighted by molar-refractivity contribution is -0.137. The third-order valence-corrected chi connectivity index (χ3v) is 1.87. The minimum Gasteiger partial charge on any atom is -0.381 e. The van der Waals surface area contributed by atoms with Crippen molar-refractivity contribution in [2.24, 2.45) is 10.7 Å². The van der Waals surface area contributed by atoms with E-state index in [0.29, 0.717) is 12.3 Å². The molecule has 84 valence electrons. The van der Waals surface area contributed by atoms with E-state index in [1.54, 1.807) is 0 Å². The van der Waals surface area contributed by atoms with Crippen molar-refractivity contribution < 1.29 is 13.2 Å². The number of nitrogens with zero attached hydrogens (tertiary/aromatic N) is 3.